The number of aliphatic hydroxyl groups is 1. The van der Waals surface area contributed by atoms with E-state index in [9.17, 15) is 5.11 Å². The number of rotatable bonds is 3. The van der Waals surface area contributed by atoms with Crippen LogP contribution in [0.3, 0.4) is 0 Å². The summed E-state index contributed by atoms with van der Waals surface area (Å²) in [7, 11) is 0. The van der Waals surface area contributed by atoms with Crippen molar-refractivity contribution in [3.05, 3.63) is 65.9 Å². The Labute approximate surface area is 117 Å². The largest absolute Gasteiger partial charge is 0.438 e. The average molecular weight is 265 g/mol. The van der Waals surface area contributed by atoms with Crippen molar-refractivity contribution in [1.82, 2.24) is 4.98 Å². The topological polar surface area (TPSA) is 42.4 Å². The number of fused-ring (bicyclic) bond motifs is 1. The summed E-state index contributed by atoms with van der Waals surface area (Å²) in [5.41, 5.74) is 1.65. The minimum atomic E-state index is -0.102. The van der Waals surface area contributed by atoms with Gasteiger partial charge in [0.2, 0.25) is 5.88 Å². The lowest BCUT2D eigenvalue weighted by atomic mass is 10.1. The van der Waals surface area contributed by atoms with Crippen LogP contribution in [0.5, 0.6) is 11.6 Å². The molecule has 0 atom stereocenters. The number of nitrogens with zero attached hydrogens (tertiary/aromatic N) is 1. The predicted molar refractivity (Wildman–Crippen MR) is 78.9 cm³/mol. The molecule has 0 saturated carbocycles. The Hall–Kier alpha value is -2.39. The molecule has 0 aliphatic rings. The third-order valence-electron chi connectivity index (χ3n) is 3.22. The monoisotopic (exact) mass is 265 g/mol. The molecule has 20 heavy (non-hydrogen) atoms. The van der Waals surface area contributed by atoms with Gasteiger partial charge in [-0.15, -0.1) is 0 Å². The standard InChI is InChI=1S/C17H15NO2/c1-12-6-2-5-9-16(12)20-17-15-8-4-3-7-13(15)10-14(11-19)18-17/h2-10,19H,11H2,1H3. The molecule has 0 bridgehead atoms. The van der Waals surface area contributed by atoms with Crippen LogP contribution >= 0.6 is 0 Å². The van der Waals surface area contributed by atoms with Crippen LogP contribution < -0.4 is 4.74 Å². The quantitative estimate of drug-likeness (QED) is 0.782. The van der Waals surface area contributed by atoms with Gasteiger partial charge >= 0.3 is 0 Å². The summed E-state index contributed by atoms with van der Waals surface area (Å²) in [6.45, 7) is 1.89. The number of aliphatic hydroxyl groups excluding tert-OH is 1. The molecule has 2 aromatic carbocycles. The molecule has 0 aliphatic heterocycles. The summed E-state index contributed by atoms with van der Waals surface area (Å²) in [6.07, 6.45) is 0. The fraction of sp³-hybridized carbons (Fsp3) is 0.118. The minimum absolute atomic E-state index is 0.102. The number of hydrogen-bond donors (Lipinski definition) is 1. The molecule has 1 aromatic heterocycles. The highest BCUT2D eigenvalue weighted by molar-refractivity contribution is 5.87. The molecule has 100 valence electrons. The first-order chi connectivity index (χ1) is 9.78. The van der Waals surface area contributed by atoms with E-state index in [0.29, 0.717) is 11.6 Å². The van der Waals surface area contributed by atoms with Crippen LogP contribution in [0.4, 0.5) is 0 Å². The van der Waals surface area contributed by atoms with Crippen LogP contribution in [0.2, 0.25) is 0 Å². The second-order valence-electron chi connectivity index (χ2n) is 4.67. The minimum Gasteiger partial charge on any atom is -0.438 e. The van der Waals surface area contributed by atoms with Crippen LogP contribution in [0.15, 0.2) is 54.6 Å². The molecule has 1 heterocycles. The Kier molecular flexibility index (Phi) is 3.35. The Morgan fingerprint density at radius 3 is 2.60 bits per heavy atom. The highest BCUT2D eigenvalue weighted by Crippen LogP contribution is 2.30. The third kappa shape index (κ3) is 2.36. The molecule has 3 aromatic rings. The number of pyridine rings is 1. The van der Waals surface area contributed by atoms with Gasteiger partial charge in [-0.2, -0.15) is 0 Å². The SMILES string of the molecule is Cc1ccccc1Oc1nc(CO)cc2ccccc12. The summed E-state index contributed by atoms with van der Waals surface area (Å²) < 4.78 is 5.94. The molecule has 0 radical (unpaired) electrons. The van der Waals surface area contributed by atoms with Crippen LogP contribution in [0.1, 0.15) is 11.3 Å². The zero-order chi connectivity index (χ0) is 13.9. The number of hydrogen-bond acceptors (Lipinski definition) is 3. The zero-order valence-electron chi connectivity index (χ0n) is 11.2. The van der Waals surface area contributed by atoms with Crippen molar-refractivity contribution in [2.24, 2.45) is 0 Å². The maximum Gasteiger partial charge on any atom is 0.227 e. The van der Waals surface area contributed by atoms with Gasteiger partial charge in [-0.25, -0.2) is 4.98 Å². The van der Waals surface area contributed by atoms with Crippen LogP contribution in [0.25, 0.3) is 10.8 Å². The lowest BCUT2D eigenvalue weighted by molar-refractivity contribution is 0.275. The van der Waals surface area contributed by atoms with Crippen molar-refractivity contribution in [1.29, 1.82) is 0 Å². The third-order valence-corrected chi connectivity index (χ3v) is 3.22. The van der Waals surface area contributed by atoms with Crippen LogP contribution in [-0.4, -0.2) is 10.1 Å². The predicted octanol–water partition coefficient (Wildman–Crippen LogP) is 3.83. The van der Waals surface area contributed by atoms with Gasteiger partial charge in [-0.3, -0.25) is 0 Å². The molecular formula is C17H15NO2. The van der Waals surface area contributed by atoms with Gasteiger partial charge in [0, 0.05) is 5.39 Å². The molecule has 0 aliphatic carbocycles. The van der Waals surface area contributed by atoms with Crippen molar-refractivity contribution in [2.45, 2.75) is 13.5 Å². The highest BCUT2D eigenvalue weighted by Gasteiger charge is 2.08. The summed E-state index contributed by atoms with van der Waals surface area (Å²) >= 11 is 0. The van der Waals surface area contributed by atoms with Crippen molar-refractivity contribution in [2.75, 3.05) is 0 Å². The van der Waals surface area contributed by atoms with Crippen molar-refractivity contribution in [3.63, 3.8) is 0 Å². The molecule has 3 heteroatoms. The number of para-hydroxylation sites is 1. The average Bonchev–Trinajstić information content (AvgIpc) is 2.49. The molecule has 0 spiro atoms. The summed E-state index contributed by atoms with van der Waals surface area (Å²) in [6, 6.07) is 17.6. The molecule has 0 saturated heterocycles. The number of aryl methyl sites for hydroxylation is 1. The molecule has 3 rings (SSSR count). The van der Waals surface area contributed by atoms with Crippen molar-refractivity contribution >= 4 is 10.8 Å². The van der Waals surface area contributed by atoms with Gasteiger partial charge < -0.3 is 9.84 Å². The first-order valence-electron chi connectivity index (χ1n) is 6.51. The van der Waals surface area contributed by atoms with E-state index < -0.39 is 0 Å². The van der Waals surface area contributed by atoms with Gasteiger partial charge in [-0.05, 0) is 36.1 Å². The van der Waals surface area contributed by atoms with E-state index in [1.54, 1.807) is 0 Å². The maximum atomic E-state index is 9.32. The molecular weight excluding hydrogens is 250 g/mol. The molecule has 0 fully saturated rings. The second-order valence-corrected chi connectivity index (χ2v) is 4.67. The van der Waals surface area contributed by atoms with Gasteiger partial charge in [-0.1, -0.05) is 36.4 Å². The molecule has 3 nitrogen and oxygen atoms in total. The fourth-order valence-corrected chi connectivity index (χ4v) is 2.15. The lowest BCUT2D eigenvalue weighted by Gasteiger charge is -2.11. The van der Waals surface area contributed by atoms with Crippen molar-refractivity contribution < 1.29 is 9.84 Å². The van der Waals surface area contributed by atoms with Gasteiger partial charge in [0.25, 0.3) is 0 Å². The summed E-state index contributed by atoms with van der Waals surface area (Å²) in [4.78, 5) is 4.38. The fourth-order valence-electron chi connectivity index (χ4n) is 2.15. The van der Waals surface area contributed by atoms with E-state index in [-0.39, 0.29) is 6.61 Å². The number of aromatic nitrogens is 1. The van der Waals surface area contributed by atoms with E-state index in [2.05, 4.69) is 4.98 Å². The summed E-state index contributed by atoms with van der Waals surface area (Å²) in [5.74, 6) is 1.31. The molecule has 0 unspecified atom stereocenters. The van der Waals surface area contributed by atoms with Gasteiger partial charge in [0.15, 0.2) is 0 Å². The maximum absolute atomic E-state index is 9.32. The Morgan fingerprint density at radius 2 is 1.80 bits per heavy atom. The van der Waals surface area contributed by atoms with Crippen molar-refractivity contribution in [3.8, 4) is 11.6 Å². The highest BCUT2D eigenvalue weighted by atomic mass is 16.5. The van der Waals surface area contributed by atoms with Gasteiger partial charge in [0.1, 0.15) is 5.75 Å². The zero-order valence-corrected chi connectivity index (χ0v) is 11.2. The van der Waals surface area contributed by atoms with Crippen LogP contribution in [-0.2, 0) is 6.61 Å². The first kappa shape index (κ1) is 12.6. The Bertz CT molecular complexity index is 753. The number of benzene rings is 2. The smallest absolute Gasteiger partial charge is 0.227 e. The van der Waals surface area contributed by atoms with Gasteiger partial charge in [0.05, 0.1) is 12.3 Å². The Morgan fingerprint density at radius 1 is 1.05 bits per heavy atom. The van der Waals surface area contributed by atoms with E-state index >= 15 is 0 Å². The summed E-state index contributed by atoms with van der Waals surface area (Å²) in [5, 5.41) is 11.3. The van der Waals surface area contributed by atoms with E-state index in [0.717, 1.165) is 22.1 Å². The van der Waals surface area contributed by atoms with E-state index in [4.69, 9.17) is 4.74 Å². The second kappa shape index (κ2) is 5.31. The lowest BCUT2D eigenvalue weighted by Crippen LogP contribution is -1.96. The van der Waals surface area contributed by atoms with Crippen LogP contribution in [0, 0.1) is 6.92 Å². The number of ether oxygens (including phenoxy) is 1. The normalized spacial score (nSPS) is 10.7. The van der Waals surface area contributed by atoms with E-state index in [1.807, 2.05) is 61.5 Å². The van der Waals surface area contributed by atoms with E-state index in [1.165, 1.54) is 0 Å². The first-order valence-corrected chi connectivity index (χ1v) is 6.51. The molecule has 0 amide bonds. The molecule has 1 N–H and O–H groups in total. The Balaban J connectivity index is 2.13.